The Balaban J connectivity index is 1.75. The van der Waals surface area contributed by atoms with Crippen LogP contribution in [-0.2, 0) is 6.42 Å². The van der Waals surface area contributed by atoms with Crippen LogP contribution in [-0.4, -0.2) is 11.1 Å². The molecule has 0 saturated carbocycles. The number of rotatable bonds is 5. The maximum atomic E-state index is 6.05. The first-order valence-corrected chi connectivity index (χ1v) is 8.03. The minimum Gasteiger partial charge on any atom is -0.489 e. The van der Waals surface area contributed by atoms with Crippen molar-refractivity contribution in [3.63, 3.8) is 0 Å². The fourth-order valence-electron chi connectivity index (χ4n) is 2.17. The molecular formula is C17H18N2O2S. The Morgan fingerprint density at radius 1 is 1.32 bits per heavy atom. The summed E-state index contributed by atoms with van der Waals surface area (Å²) >= 11 is 1.62. The normalized spacial score (nSPS) is 11.0. The lowest BCUT2D eigenvalue weighted by Crippen LogP contribution is -2.07. The Labute approximate surface area is 133 Å². The summed E-state index contributed by atoms with van der Waals surface area (Å²) in [6, 6.07) is 9.68. The highest BCUT2D eigenvalue weighted by atomic mass is 32.1. The fourth-order valence-corrected chi connectivity index (χ4v) is 2.99. The van der Waals surface area contributed by atoms with E-state index in [9.17, 15) is 0 Å². The second kappa shape index (κ2) is 6.23. The first-order chi connectivity index (χ1) is 10.6. The van der Waals surface area contributed by atoms with Crippen molar-refractivity contribution in [2.75, 3.05) is 5.73 Å². The number of hydrogen-bond donors (Lipinski definition) is 1. The van der Waals surface area contributed by atoms with Gasteiger partial charge in [-0.1, -0.05) is 6.07 Å². The van der Waals surface area contributed by atoms with Crippen LogP contribution in [0, 0.1) is 0 Å². The predicted octanol–water partition coefficient (Wildman–Crippen LogP) is 4.36. The van der Waals surface area contributed by atoms with Gasteiger partial charge in [0, 0.05) is 11.8 Å². The number of nitrogen functional groups attached to an aromatic ring is 1. The van der Waals surface area contributed by atoms with E-state index in [4.69, 9.17) is 14.9 Å². The lowest BCUT2D eigenvalue weighted by Gasteiger charge is -2.12. The van der Waals surface area contributed by atoms with Gasteiger partial charge in [-0.25, -0.2) is 4.98 Å². The SMILES string of the molecule is CC(C)Oc1ccc(Cc2nc(-c3ccco3)cs2)cc1N. The van der Waals surface area contributed by atoms with E-state index in [0.717, 1.165) is 34.2 Å². The maximum absolute atomic E-state index is 6.05. The van der Waals surface area contributed by atoms with Gasteiger partial charge < -0.3 is 14.9 Å². The number of furan rings is 1. The number of thiazole rings is 1. The minimum absolute atomic E-state index is 0.114. The van der Waals surface area contributed by atoms with Crippen molar-refractivity contribution >= 4 is 17.0 Å². The third-order valence-electron chi connectivity index (χ3n) is 3.12. The highest BCUT2D eigenvalue weighted by molar-refractivity contribution is 7.10. The van der Waals surface area contributed by atoms with Gasteiger partial charge in [0.2, 0.25) is 0 Å². The van der Waals surface area contributed by atoms with E-state index in [2.05, 4.69) is 4.98 Å². The maximum Gasteiger partial charge on any atom is 0.153 e. The van der Waals surface area contributed by atoms with Crippen molar-refractivity contribution in [1.29, 1.82) is 0 Å². The summed E-state index contributed by atoms with van der Waals surface area (Å²) in [5, 5.41) is 3.04. The Hall–Kier alpha value is -2.27. The van der Waals surface area contributed by atoms with Crippen molar-refractivity contribution in [2.24, 2.45) is 0 Å². The molecule has 0 aliphatic rings. The van der Waals surface area contributed by atoms with Crippen LogP contribution >= 0.6 is 11.3 Å². The van der Waals surface area contributed by atoms with Crippen molar-refractivity contribution in [2.45, 2.75) is 26.4 Å². The molecule has 3 aromatic rings. The van der Waals surface area contributed by atoms with Gasteiger partial charge in [-0.3, -0.25) is 0 Å². The molecule has 0 aliphatic heterocycles. The summed E-state index contributed by atoms with van der Waals surface area (Å²) in [5.74, 6) is 1.52. The predicted molar refractivity (Wildman–Crippen MR) is 89.2 cm³/mol. The van der Waals surface area contributed by atoms with Crippen LogP contribution < -0.4 is 10.5 Å². The number of nitrogens with zero attached hydrogens (tertiary/aromatic N) is 1. The third-order valence-corrected chi connectivity index (χ3v) is 3.97. The molecule has 0 aliphatic carbocycles. The van der Waals surface area contributed by atoms with E-state index in [0.29, 0.717) is 5.69 Å². The molecule has 0 amide bonds. The number of aromatic nitrogens is 1. The molecule has 2 heterocycles. The molecule has 4 nitrogen and oxygen atoms in total. The molecule has 2 aromatic heterocycles. The number of benzene rings is 1. The summed E-state index contributed by atoms with van der Waals surface area (Å²) in [6.07, 6.45) is 2.52. The molecule has 0 radical (unpaired) electrons. The molecule has 2 N–H and O–H groups in total. The number of ether oxygens (including phenoxy) is 1. The van der Waals surface area contributed by atoms with Gasteiger partial charge in [0.15, 0.2) is 5.76 Å². The van der Waals surface area contributed by atoms with Gasteiger partial charge in [-0.15, -0.1) is 11.3 Å². The van der Waals surface area contributed by atoms with E-state index >= 15 is 0 Å². The first-order valence-electron chi connectivity index (χ1n) is 7.15. The van der Waals surface area contributed by atoms with Gasteiger partial charge in [-0.05, 0) is 43.7 Å². The van der Waals surface area contributed by atoms with Crippen molar-refractivity contribution < 1.29 is 9.15 Å². The molecule has 1 aromatic carbocycles. The van der Waals surface area contributed by atoms with Crippen molar-refractivity contribution in [1.82, 2.24) is 4.98 Å². The summed E-state index contributed by atoms with van der Waals surface area (Å²) in [5.41, 5.74) is 8.70. The van der Waals surface area contributed by atoms with Gasteiger partial charge in [-0.2, -0.15) is 0 Å². The van der Waals surface area contributed by atoms with Crippen molar-refractivity contribution in [3.8, 4) is 17.2 Å². The van der Waals surface area contributed by atoms with E-state index in [1.807, 2.05) is 49.6 Å². The van der Waals surface area contributed by atoms with Crippen LogP contribution in [0.2, 0.25) is 0 Å². The van der Waals surface area contributed by atoms with Crippen LogP contribution in [0.25, 0.3) is 11.5 Å². The number of nitrogens with two attached hydrogens (primary N) is 1. The molecule has 0 bridgehead atoms. The molecule has 114 valence electrons. The Morgan fingerprint density at radius 2 is 2.18 bits per heavy atom. The molecule has 3 rings (SSSR count). The zero-order valence-corrected chi connectivity index (χ0v) is 13.4. The lowest BCUT2D eigenvalue weighted by molar-refractivity contribution is 0.244. The van der Waals surface area contributed by atoms with E-state index in [1.54, 1.807) is 17.6 Å². The van der Waals surface area contributed by atoms with Crippen LogP contribution in [0.5, 0.6) is 5.75 Å². The molecule has 5 heteroatoms. The topological polar surface area (TPSA) is 61.3 Å². The summed E-state index contributed by atoms with van der Waals surface area (Å²) in [7, 11) is 0. The smallest absolute Gasteiger partial charge is 0.153 e. The monoisotopic (exact) mass is 314 g/mol. The molecule has 0 saturated heterocycles. The highest BCUT2D eigenvalue weighted by Gasteiger charge is 2.09. The average Bonchev–Trinajstić information content (AvgIpc) is 3.12. The average molecular weight is 314 g/mol. The number of hydrogen-bond acceptors (Lipinski definition) is 5. The van der Waals surface area contributed by atoms with Crippen molar-refractivity contribution in [3.05, 3.63) is 52.5 Å². The molecule has 0 fully saturated rings. The van der Waals surface area contributed by atoms with Gasteiger partial charge in [0.1, 0.15) is 11.4 Å². The first kappa shape index (κ1) is 14.7. The van der Waals surface area contributed by atoms with Crippen LogP contribution in [0.15, 0.2) is 46.4 Å². The lowest BCUT2D eigenvalue weighted by atomic mass is 10.1. The third kappa shape index (κ3) is 3.31. The van der Waals surface area contributed by atoms with E-state index in [1.165, 1.54) is 0 Å². The Bertz CT molecular complexity index is 748. The van der Waals surface area contributed by atoms with Gasteiger partial charge in [0.25, 0.3) is 0 Å². The summed E-state index contributed by atoms with van der Waals surface area (Å²) < 4.78 is 11.0. The Kier molecular flexibility index (Phi) is 4.15. The minimum atomic E-state index is 0.114. The molecule has 0 unspecified atom stereocenters. The van der Waals surface area contributed by atoms with Crippen LogP contribution in [0.4, 0.5) is 5.69 Å². The fraction of sp³-hybridized carbons (Fsp3) is 0.235. The molecular weight excluding hydrogens is 296 g/mol. The molecule has 0 spiro atoms. The second-order valence-corrected chi connectivity index (χ2v) is 6.26. The second-order valence-electron chi connectivity index (χ2n) is 5.32. The molecule has 0 atom stereocenters. The van der Waals surface area contributed by atoms with Crippen LogP contribution in [0.3, 0.4) is 0 Å². The summed E-state index contributed by atoms with van der Waals surface area (Å²) in [4.78, 5) is 4.60. The summed E-state index contributed by atoms with van der Waals surface area (Å²) in [6.45, 7) is 3.97. The van der Waals surface area contributed by atoms with Crippen LogP contribution in [0.1, 0.15) is 24.4 Å². The quantitative estimate of drug-likeness (QED) is 0.711. The van der Waals surface area contributed by atoms with Gasteiger partial charge in [0.05, 0.1) is 23.1 Å². The van der Waals surface area contributed by atoms with Gasteiger partial charge >= 0.3 is 0 Å². The zero-order valence-electron chi connectivity index (χ0n) is 12.6. The van der Waals surface area contributed by atoms with E-state index in [-0.39, 0.29) is 6.10 Å². The molecule has 22 heavy (non-hydrogen) atoms. The van der Waals surface area contributed by atoms with E-state index < -0.39 is 0 Å². The Morgan fingerprint density at radius 3 is 2.86 bits per heavy atom. The standard InChI is InChI=1S/C17H18N2O2S/c1-11(2)21-15-6-5-12(8-13(15)18)9-17-19-14(10-22-17)16-4-3-7-20-16/h3-8,10-11H,9,18H2,1-2H3. The zero-order chi connectivity index (χ0) is 15.5. The highest BCUT2D eigenvalue weighted by Crippen LogP contribution is 2.27. The largest absolute Gasteiger partial charge is 0.489 e. The number of anilines is 1.